The van der Waals surface area contributed by atoms with Crippen molar-refractivity contribution in [2.75, 3.05) is 13.1 Å². The average Bonchev–Trinajstić information content (AvgIpc) is 2.14. The molecule has 0 saturated carbocycles. The van der Waals surface area contributed by atoms with Gasteiger partial charge in [-0.15, -0.1) is 0 Å². The molecule has 0 bridgehead atoms. The van der Waals surface area contributed by atoms with Crippen LogP contribution < -0.4 is 5.73 Å². The van der Waals surface area contributed by atoms with Crippen molar-refractivity contribution in [2.24, 2.45) is 11.7 Å². The van der Waals surface area contributed by atoms with Gasteiger partial charge in [0, 0.05) is 6.54 Å². The number of carboxylic acid groups (broad SMARTS) is 1. The minimum absolute atomic E-state index is 0.233. The van der Waals surface area contributed by atoms with E-state index < -0.39 is 12.0 Å². The minimum atomic E-state index is -1.00. The molecular weight excluding hydrogens is 208 g/mol. The van der Waals surface area contributed by atoms with Gasteiger partial charge in [0.05, 0.1) is 6.04 Å². The van der Waals surface area contributed by atoms with Crippen LogP contribution in [-0.4, -0.2) is 41.0 Å². The van der Waals surface area contributed by atoms with Crippen LogP contribution in [-0.2, 0) is 9.59 Å². The van der Waals surface area contributed by atoms with Gasteiger partial charge in [0.15, 0.2) is 0 Å². The van der Waals surface area contributed by atoms with Crippen molar-refractivity contribution >= 4 is 11.9 Å². The topological polar surface area (TPSA) is 83.6 Å². The van der Waals surface area contributed by atoms with Crippen molar-refractivity contribution in [3.63, 3.8) is 0 Å². The van der Waals surface area contributed by atoms with E-state index in [2.05, 4.69) is 0 Å². The standard InChI is InChI=1S/C11H22N2O3/c1-4-5-9(12)11(16)13(6-8(2)3)7-10(14)15/h8-9H,4-7,12H2,1-3H3,(H,14,15). The molecule has 0 heterocycles. The van der Waals surface area contributed by atoms with Crippen LogP contribution in [0.1, 0.15) is 33.6 Å². The number of carbonyl (C=O) groups excluding carboxylic acids is 1. The lowest BCUT2D eigenvalue weighted by molar-refractivity contribution is -0.145. The summed E-state index contributed by atoms with van der Waals surface area (Å²) < 4.78 is 0. The van der Waals surface area contributed by atoms with Gasteiger partial charge < -0.3 is 15.7 Å². The summed E-state index contributed by atoms with van der Waals surface area (Å²) in [6.45, 7) is 5.98. The van der Waals surface area contributed by atoms with E-state index >= 15 is 0 Å². The van der Waals surface area contributed by atoms with Gasteiger partial charge in [-0.2, -0.15) is 0 Å². The van der Waals surface area contributed by atoms with Gasteiger partial charge in [-0.3, -0.25) is 9.59 Å². The van der Waals surface area contributed by atoms with Crippen LogP contribution in [0.3, 0.4) is 0 Å². The molecule has 0 saturated heterocycles. The van der Waals surface area contributed by atoms with E-state index in [-0.39, 0.29) is 18.4 Å². The number of nitrogens with zero attached hydrogens (tertiary/aromatic N) is 1. The molecule has 0 aliphatic rings. The highest BCUT2D eigenvalue weighted by molar-refractivity contribution is 5.85. The first-order valence-electron chi connectivity index (χ1n) is 5.64. The number of hydrogen-bond acceptors (Lipinski definition) is 3. The molecule has 0 fully saturated rings. The van der Waals surface area contributed by atoms with E-state index in [1.54, 1.807) is 0 Å². The number of amides is 1. The second-order valence-electron chi connectivity index (χ2n) is 4.40. The van der Waals surface area contributed by atoms with Gasteiger partial charge in [0.25, 0.3) is 0 Å². The Kier molecular flexibility index (Phi) is 6.72. The van der Waals surface area contributed by atoms with Gasteiger partial charge in [-0.05, 0) is 12.3 Å². The predicted molar refractivity (Wildman–Crippen MR) is 61.9 cm³/mol. The van der Waals surface area contributed by atoms with Crippen LogP contribution in [0.2, 0.25) is 0 Å². The Morgan fingerprint density at radius 2 is 1.94 bits per heavy atom. The molecule has 16 heavy (non-hydrogen) atoms. The van der Waals surface area contributed by atoms with Crippen LogP contribution in [0.5, 0.6) is 0 Å². The maximum Gasteiger partial charge on any atom is 0.323 e. The van der Waals surface area contributed by atoms with E-state index in [0.717, 1.165) is 6.42 Å². The number of carbonyl (C=O) groups is 2. The van der Waals surface area contributed by atoms with Crippen LogP contribution in [0.15, 0.2) is 0 Å². The molecule has 1 atom stereocenters. The van der Waals surface area contributed by atoms with Crippen molar-refractivity contribution in [1.29, 1.82) is 0 Å². The fourth-order valence-electron chi connectivity index (χ4n) is 1.51. The maximum absolute atomic E-state index is 11.8. The number of carboxylic acids is 1. The summed E-state index contributed by atoms with van der Waals surface area (Å²) in [7, 11) is 0. The molecule has 0 spiro atoms. The zero-order chi connectivity index (χ0) is 12.7. The second-order valence-corrected chi connectivity index (χ2v) is 4.40. The minimum Gasteiger partial charge on any atom is -0.480 e. The lowest BCUT2D eigenvalue weighted by Crippen LogP contribution is -2.47. The summed E-state index contributed by atoms with van der Waals surface area (Å²) in [5.74, 6) is -1.03. The Labute approximate surface area is 96.6 Å². The number of nitrogens with two attached hydrogens (primary N) is 1. The first-order valence-corrected chi connectivity index (χ1v) is 5.64. The summed E-state index contributed by atoms with van der Waals surface area (Å²) in [6, 6.07) is -0.580. The van der Waals surface area contributed by atoms with Gasteiger partial charge in [0.1, 0.15) is 6.54 Å². The lowest BCUT2D eigenvalue weighted by Gasteiger charge is -2.25. The summed E-state index contributed by atoms with van der Waals surface area (Å²) >= 11 is 0. The third kappa shape index (κ3) is 5.70. The molecular formula is C11H22N2O3. The van der Waals surface area contributed by atoms with Crippen LogP contribution in [0.4, 0.5) is 0 Å². The molecule has 0 rings (SSSR count). The van der Waals surface area contributed by atoms with E-state index in [4.69, 9.17) is 10.8 Å². The highest BCUT2D eigenvalue weighted by Gasteiger charge is 2.22. The number of aliphatic carboxylic acids is 1. The van der Waals surface area contributed by atoms with Crippen molar-refractivity contribution in [1.82, 2.24) is 4.90 Å². The summed E-state index contributed by atoms with van der Waals surface area (Å²) in [5, 5.41) is 8.72. The predicted octanol–water partition coefficient (Wildman–Crippen LogP) is 0.683. The maximum atomic E-state index is 11.8. The van der Waals surface area contributed by atoms with Gasteiger partial charge in [0.2, 0.25) is 5.91 Å². The highest BCUT2D eigenvalue weighted by atomic mass is 16.4. The molecule has 5 nitrogen and oxygen atoms in total. The Morgan fingerprint density at radius 3 is 2.31 bits per heavy atom. The van der Waals surface area contributed by atoms with Crippen LogP contribution >= 0.6 is 0 Å². The third-order valence-electron chi connectivity index (χ3n) is 2.14. The van der Waals surface area contributed by atoms with Gasteiger partial charge in [-0.25, -0.2) is 0 Å². The molecule has 0 aromatic carbocycles. The van der Waals surface area contributed by atoms with E-state index in [1.165, 1.54) is 4.90 Å². The molecule has 1 amide bonds. The molecule has 5 heteroatoms. The number of hydrogen-bond donors (Lipinski definition) is 2. The monoisotopic (exact) mass is 230 g/mol. The van der Waals surface area contributed by atoms with Crippen molar-refractivity contribution in [3.8, 4) is 0 Å². The molecule has 1 unspecified atom stereocenters. The average molecular weight is 230 g/mol. The quantitative estimate of drug-likeness (QED) is 0.673. The largest absolute Gasteiger partial charge is 0.480 e. The first-order chi connectivity index (χ1) is 7.38. The molecule has 0 aromatic heterocycles. The van der Waals surface area contributed by atoms with E-state index in [1.807, 2.05) is 20.8 Å². The molecule has 0 aliphatic carbocycles. The Balaban J connectivity index is 4.48. The lowest BCUT2D eigenvalue weighted by atomic mass is 10.1. The summed E-state index contributed by atoms with van der Waals surface area (Å²) in [6.07, 6.45) is 1.41. The zero-order valence-electron chi connectivity index (χ0n) is 10.3. The Bertz CT molecular complexity index is 241. The van der Waals surface area contributed by atoms with Crippen molar-refractivity contribution in [2.45, 2.75) is 39.7 Å². The van der Waals surface area contributed by atoms with E-state index in [9.17, 15) is 9.59 Å². The van der Waals surface area contributed by atoms with Crippen molar-refractivity contribution < 1.29 is 14.7 Å². The highest BCUT2D eigenvalue weighted by Crippen LogP contribution is 2.04. The Morgan fingerprint density at radius 1 is 1.38 bits per heavy atom. The molecule has 0 aromatic rings. The molecule has 0 radical (unpaired) electrons. The van der Waals surface area contributed by atoms with E-state index in [0.29, 0.717) is 13.0 Å². The normalized spacial score (nSPS) is 12.6. The number of rotatable bonds is 7. The fraction of sp³-hybridized carbons (Fsp3) is 0.818. The molecule has 3 N–H and O–H groups in total. The van der Waals surface area contributed by atoms with Crippen molar-refractivity contribution in [3.05, 3.63) is 0 Å². The van der Waals surface area contributed by atoms with Crippen LogP contribution in [0.25, 0.3) is 0 Å². The SMILES string of the molecule is CCCC(N)C(=O)N(CC(=O)O)CC(C)C. The Hall–Kier alpha value is -1.10. The second kappa shape index (κ2) is 7.22. The fourth-order valence-corrected chi connectivity index (χ4v) is 1.51. The first kappa shape index (κ1) is 14.9. The smallest absolute Gasteiger partial charge is 0.323 e. The van der Waals surface area contributed by atoms with Crippen LogP contribution in [0, 0.1) is 5.92 Å². The summed E-state index contributed by atoms with van der Waals surface area (Å²) in [5.41, 5.74) is 5.70. The molecule has 0 aliphatic heterocycles. The summed E-state index contributed by atoms with van der Waals surface area (Å²) in [4.78, 5) is 23.8. The molecule has 94 valence electrons. The third-order valence-corrected chi connectivity index (χ3v) is 2.14. The van der Waals surface area contributed by atoms with Gasteiger partial charge in [-0.1, -0.05) is 27.2 Å². The zero-order valence-corrected chi connectivity index (χ0v) is 10.3. The van der Waals surface area contributed by atoms with Gasteiger partial charge >= 0.3 is 5.97 Å².